The van der Waals surface area contributed by atoms with Crippen LogP contribution in [0.4, 0.5) is 11.4 Å². The monoisotopic (exact) mass is 332 g/mol. The van der Waals surface area contributed by atoms with E-state index in [2.05, 4.69) is 10.2 Å². The molecule has 0 aliphatic heterocycles. The summed E-state index contributed by atoms with van der Waals surface area (Å²) in [6.07, 6.45) is 0. The molecule has 0 saturated carbocycles. The summed E-state index contributed by atoms with van der Waals surface area (Å²) in [5.74, 6) is 0.808. The highest BCUT2D eigenvalue weighted by Crippen LogP contribution is 2.20. The Morgan fingerprint density at radius 1 is 1.33 bits per heavy atom. The Kier molecular flexibility index (Phi) is 8.31. The Labute approximate surface area is 136 Å². The van der Waals surface area contributed by atoms with Gasteiger partial charge in [0.1, 0.15) is 6.04 Å². The van der Waals surface area contributed by atoms with Gasteiger partial charge in [0.2, 0.25) is 0 Å². The molecule has 0 amide bonds. The molecule has 0 unspecified atom stereocenters. The number of hydrogen-bond acceptors (Lipinski definition) is 4. The number of carbonyl (C=O) groups excluding carboxylic acids is 1. The number of rotatable bonds is 9. The smallest absolute Gasteiger partial charge is 0.328 e. The molecule has 1 rings (SSSR count). The summed E-state index contributed by atoms with van der Waals surface area (Å²) >= 11 is 11.6. The van der Waals surface area contributed by atoms with E-state index in [0.717, 1.165) is 24.5 Å². The summed E-state index contributed by atoms with van der Waals surface area (Å²) in [4.78, 5) is 13.8. The lowest BCUT2D eigenvalue weighted by Gasteiger charge is -2.24. The standard InChI is InChI=1S/C15H22Cl2N2O2/c1-3-21-15(20)12(2)18-13-5-4-6-14(11-13)19(9-7-16)10-8-17/h4-6,11-12,18H,3,7-10H2,1-2H3/t12-/m0/s1. The minimum atomic E-state index is -0.394. The van der Waals surface area contributed by atoms with Gasteiger partial charge in [0, 0.05) is 36.2 Å². The van der Waals surface area contributed by atoms with Crippen molar-refractivity contribution in [2.75, 3.05) is 41.7 Å². The highest BCUT2D eigenvalue weighted by molar-refractivity contribution is 6.18. The van der Waals surface area contributed by atoms with Crippen molar-refractivity contribution in [3.63, 3.8) is 0 Å². The third-order valence-corrected chi connectivity index (χ3v) is 3.28. The second-order valence-corrected chi connectivity index (χ2v) is 5.29. The van der Waals surface area contributed by atoms with Gasteiger partial charge in [-0.2, -0.15) is 0 Å². The van der Waals surface area contributed by atoms with Gasteiger partial charge in [-0.1, -0.05) is 6.07 Å². The van der Waals surface area contributed by atoms with E-state index in [1.807, 2.05) is 24.3 Å². The van der Waals surface area contributed by atoms with Crippen LogP contribution in [0.15, 0.2) is 24.3 Å². The van der Waals surface area contributed by atoms with Crippen LogP contribution in [0.1, 0.15) is 13.8 Å². The van der Waals surface area contributed by atoms with Crippen molar-refractivity contribution in [1.29, 1.82) is 0 Å². The molecule has 0 radical (unpaired) electrons. The maximum absolute atomic E-state index is 11.6. The van der Waals surface area contributed by atoms with E-state index in [-0.39, 0.29) is 5.97 Å². The molecule has 0 bridgehead atoms. The third kappa shape index (κ3) is 6.02. The molecule has 118 valence electrons. The molecule has 0 aliphatic rings. The summed E-state index contributed by atoms with van der Waals surface area (Å²) in [7, 11) is 0. The summed E-state index contributed by atoms with van der Waals surface area (Å²) in [5.41, 5.74) is 1.89. The molecule has 0 fully saturated rings. The lowest BCUT2D eigenvalue weighted by Crippen LogP contribution is -2.29. The largest absolute Gasteiger partial charge is 0.464 e. The van der Waals surface area contributed by atoms with Gasteiger partial charge in [-0.15, -0.1) is 23.2 Å². The zero-order chi connectivity index (χ0) is 15.7. The molecular formula is C15H22Cl2N2O2. The van der Waals surface area contributed by atoms with Gasteiger partial charge >= 0.3 is 5.97 Å². The number of nitrogens with one attached hydrogen (secondary N) is 1. The molecule has 1 aromatic carbocycles. The van der Waals surface area contributed by atoms with E-state index in [1.54, 1.807) is 13.8 Å². The second-order valence-electron chi connectivity index (χ2n) is 4.53. The van der Waals surface area contributed by atoms with Crippen LogP contribution >= 0.6 is 23.2 Å². The van der Waals surface area contributed by atoms with Crippen molar-refractivity contribution in [2.45, 2.75) is 19.9 Å². The van der Waals surface area contributed by atoms with E-state index >= 15 is 0 Å². The molecule has 0 aromatic heterocycles. The summed E-state index contributed by atoms with van der Waals surface area (Å²) in [5, 5.41) is 3.14. The molecule has 4 nitrogen and oxygen atoms in total. The van der Waals surface area contributed by atoms with Crippen molar-refractivity contribution in [3.8, 4) is 0 Å². The number of halogens is 2. The fourth-order valence-corrected chi connectivity index (χ4v) is 2.35. The third-order valence-electron chi connectivity index (χ3n) is 2.94. The van der Waals surface area contributed by atoms with Gasteiger partial charge < -0.3 is 15.0 Å². The number of ether oxygens (including phenoxy) is 1. The first-order valence-electron chi connectivity index (χ1n) is 7.02. The topological polar surface area (TPSA) is 41.6 Å². The van der Waals surface area contributed by atoms with Crippen LogP contribution in [-0.2, 0) is 9.53 Å². The van der Waals surface area contributed by atoms with Crippen molar-refractivity contribution >= 4 is 40.5 Å². The molecule has 1 N–H and O–H groups in total. The Bertz CT molecular complexity index is 437. The van der Waals surface area contributed by atoms with Crippen LogP contribution < -0.4 is 10.2 Å². The number of esters is 1. The number of carbonyl (C=O) groups is 1. The summed E-state index contributed by atoms with van der Waals surface area (Å²) in [6, 6.07) is 7.44. The molecule has 21 heavy (non-hydrogen) atoms. The van der Waals surface area contributed by atoms with Gasteiger partial charge in [0.15, 0.2) is 0 Å². The summed E-state index contributed by atoms with van der Waals surface area (Å²) < 4.78 is 4.98. The number of anilines is 2. The van der Waals surface area contributed by atoms with Crippen LogP contribution in [0.5, 0.6) is 0 Å². The van der Waals surface area contributed by atoms with Gasteiger partial charge in [-0.25, -0.2) is 4.79 Å². The Balaban J connectivity index is 2.77. The molecule has 1 atom stereocenters. The zero-order valence-electron chi connectivity index (χ0n) is 12.4. The van der Waals surface area contributed by atoms with Crippen molar-refractivity contribution in [1.82, 2.24) is 0 Å². The fraction of sp³-hybridized carbons (Fsp3) is 0.533. The second kappa shape index (κ2) is 9.74. The van der Waals surface area contributed by atoms with E-state index in [4.69, 9.17) is 27.9 Å². The predicted molar refractivity (Wildman–Crippen MR) is 89.8 cm³/mol. The first kappa shape index (κ1) is 17.9. The first-order valence-corrected chi connectivity index (χ1v) is 8.09. The maximum atomic E-state index is 11.6. The Hall–Kier alpha value is -1.13. The van der Waals surface area contributed by atoms with E-state index in [0.29, 0.717) is 18.4 Å². The predicted octanol–water partition coefficient (Wildman–Crippen LogP) is 3.33. The van der Waals surface area contributed by atoms with Crippen LogP contribution in [0, 0.1) is 0 Å². The molecule has 0 saturated heterocycles. The molecule has 1 aromatic rings. The van der Waals surface area contributed by atoms with Gasteiger partial charge in [-0.3, -0.25) is 0 Å². The normalized spacial score (nSPS) is 11.8. The minimum Gasteiger partial charge on any atom is -0.464 e. The Morgan fingerprint density at radius 2 is 2.00 bits per heavy atom. The number of benzene rings is 1. The number of alkyl halides is 2. The van der Waals surface area contributed by atoms with Crippen molar-refractivity contribution in [3.05, 3.63) is 24.3 Å². The molecular weight excluding hydrogens is 311 g/mol. The highest BCUT2D eigenvalue weighted by atomic mass is 35.5. The summed E-state index contributed by atoms with van der Waals surface area (Å²) in [6.45, 7) is 5.40. The average molecular weight is 333 g/mol. The number of nitrogens with zero attached hydrogens (tertiary/aromatic N) is 1. The first-order chi connectivity index (χ1) is 10.1. The highest BCUT2D eigenvalue weighted by Gasteiger charge is 2.14. The van der Waals surface area contributed by atoms with Crippen LogP contribution in [0.25, 0.3) is 0 Å². The molecule has 0 spiro atoms. The number of hydrogen-bond donors (Lipinski definition) is 1. The quantitative estimate of drug-likeness (QED) is 0.556. The molecule has 0 heterocycles. The van der Waals surface area contributed by atoms with Crippen molar-refractivity contribution < 1.29 is 9.53 Å². The average Bonchev–Trinajstić information content (AvgIpc) is 2.47. The lowest BCUT2D eigenvalue weighted by molar-refractivity contribution is -0.143. The van der Waals surface area contributed by atoms with Crippen molar-refractivity contribution in [2.24, 2.45) is 0 Å². The van der Waals surface area contributed by atoms with Gasteiger partial charge in [0.25, 0.3) is 0 Å². The Morgan fingerprint density at radius 3 is 2.57 bits per heavy atom. The lowest BCUT2D eigenvalue weighted by atomic mass is 10.2. The SMILES string of the molecule is CCOC(=O)[C@H](C)Nc1cccc(N(CCCl)CCCl)c1. The van der Waals surface area contributed by atoms with Gasteiger partial charge in [-0.05, 0) is 32.0 Å². The fourth-order valence-electron chi connectivity index (χ4n) is 1.94. The molecule has 6 heteroatoms. The minimum absolute atomic E-state index is 0.263. The van der Waals surface area contributed by atoms with Crippen LogP contribution in [0.2, 0.25) is 0 Å². The van der Waals surface area contributed by atoms with E-state index in [9.17, 15) is 4.79 Å². The van der Waals surface area contributed by atoms with E-state index < -0.39 is 6.04 Å². The molecule has 0 aliphatic carbocycles. The van der Waals surface area contributed by atoms with Crippen LogP contribution in [-0.4, -0.2) is 43.5 Å². The maximum Gasteiger partial charge on any atom is 0.328 e. The van der Waals surface area contributed by atoms with Crippen LogP contribution in [0.3, 0.4) is 0 Å². The van der Waals surface area contributed by atoms with E-state index in [1.165, 1.54) is 0 Å². The van der Waals surface area contributed by atoms with Gasteiger partial charge in [0.05, 0.1) is 6.61 Å². The zero-order valence-corrected chi connectivity index (χ0v) is 14.0.